The van der Waals surface area contributed by atoms with Crippen LogP contribution in [0.15, 0.2) is 23.1 Å². The first-order valence-corrected chi connectivity index (χ1v) is 5.04. The Labute approximate surface area is 105 Å². The van der Waals surface area contributed by atoms with Gasteiger partial charge >= 0.3 is 0 Å². The molecule has 7 heteroatoms. The minimum atomic E-state index is -0.252. The molecule has 2 heterocycles. The summed E-state index contributed by atoms with van der Waals surface area (Å²) in [5, 5.41) is 3.82. The van der Waals surface area contributed by atoms with Crippen LogP contribution in [0.5, 0.6) is 0 Å². The van der Waals surface area contributed by atoms with Gasteiger partial charge in [0.25, 0.3) is 0 Å². The van der Waals surface area contributed by atoms with Gasteiger partial charge in [0.05, 0.1) is 12.2 Å². The van der Waals surface area contributed by atoms with Gasteiger partial charge in [0.1, 0.15) is 5.69 Å². The maximum atomic E-state index is 5.90. The maximum absolute atomic E-state index is 5.90. The van der Waals surface area contributed by atoms with Crippen molar-refractivity contribution in [2.45, 2.75) is 19.9 Å². The van der Waals surface area contributed by atoms with E-state index in [1.807, 2.05) is 13.8 Å². The molecule has 0 aliphatic heterocycles. The molecule has 1 unspecified atom stereocenters. The predicted octanol–water partition coefficient (Wildman–Crippen LogP) is 1.60. The van der Waals surface area contributed by atoms with Crippen LogP contribution in [-0.2, 0) is 0 Å². The largest absolute Gasteiger partial charge is 0.337 e. The summed E-state index contributed by atoms with van der Waals surface area (Å²) in [5.41, 5.74) is 6.47. The van der Waals surface area contributed by atoms with Crippen LogP contribution in [0.2, 0.25) is 0 Å². The van der Waals surface area contributed by atoms with Crippen molar-refractivity contribution in [1.29, 1.82) is 0 Å². The molecule has 6 nitrogen and oxygen atoms in total. The van der Waals surface area contributed by atoms with Crippen LogP contribution in [0.3, 0.4) is 0 Å². The molecule has 0 saturated heterocycles. The molecule has 0 fully saturated rings. The Morgan fingerprint density at radius 2 is 2.06 bits per heavy atom. The fourth-order valence-corrected chi connectivity index (χ4v) is 1.17. The number of hydrogen-bond acceptors (Lipinski definition) is 6. The second-order valence-electron chi connectivity index (χ2n) is 3.82. The molecule has 0 aliphatic rings. The molecule has 0 aromatic carbocycles. The Balaban J connectivity index is 0.00000144. The summed E-state index contributed by atoms with van der Waals surface area (Å²) in [6, 6.07) is -0.252. The van der Waals surface area contributed by atoms with Crippen molar-refractivity contribution < 1.29 is 4.52 Å². The third-order valence-electron chi connectivity index (χ3n) is 2.24. The normalized spacial score (nSPS) is 12.2. The van der Waals surface area contributed by atoms with E-state index < -0.39 is 0 Å². The number of rotatable bonds is 3. The van der Waals surface area contributed by atoms with Gasteiger partial charge in [-0.2, -0.15) is 4.98 Å². The molecule has 92 valence electrons. The smallest absolute Gasteiger partial charge is 0.244 e. The molecule has 17 heavy (non-hydrogen) atoms. The molecule has 2 rings (SSSR count). The Morgan fingerprint density at radius 3 is 2.65 bits per heavy atom. The van der Waals surface area contributed by atoms with Crippen molar-refractivity contribution in [1.82, 2.24) is 20.1 Å². The molecular formula is C10H14ClN5O. The molecule has 0 bridgehead atoms. The first kappa shape index (κ1) is 13.5. The van der Waals surface area contributed by atoms with Crippen LogP contribution in [-0.4, -0.2) is 20.1 Å². The lowest BCUT2D eigenvalue weighted by Gasteiger charge is -2.08. The lowest BCUT2D eigenvalue weighted by molar-refractivity contribution is 0.325. The molecule has 2 aromatic heterocycles. The van der Waals surface area contributed by atoms with Crippen LogP contribution in [0.4, 0.5) is 0 Å². The fourth-order valence-electron chi connectivity index (χ4n) is 1.17. The van der Waals surface area contributed by atoms with Crippen molar-refractivity contribution in [2.75, 3.05) is 0 Å². The SMILES string of the molecule is CC(C)C(N)c1nc(-c2cnccn2)no1.Cl. The molecule has 2 N–H and O–H groups in total. The molecule has 0 saturated carbocycles. The van der Waals surface area contributed by atoms with Crippen LogP contribution < -0.4 is 5.73 Å². The zero-order valence-corrected chi connectivity index (χ0v) is 10.4. The minimum absolute atomic E-state index is 0. The second kappa shape index (κ2) is 5.70. The van der Waals surface area contributed by atoms with E-state index in [9.17, 15) is 0 Å². The minimum Gasteiger partial charge on any atom is -0.337 e. The first-order chi connectivity index (χ1) is 7.68. The summed E-state index contributed by atoms with van der Waals surface area (Å²) in [6.07, 6.45) is 4.74. The highest BCUT2D eigenvalue weighted by molar-refractivity contribution is 5.85. The fraction of sp³-hybridized carbons (Fsp3) is 0.400. The van der Waals surface area contributed by atoms with E-state index >= 15 is 0 Å². The van der Waals surface area contributed by atoms with Crippen molar-refractivity contribution in [3.63, 3.8) is 0 Å². The van der Waals surface area contributed by atoms with E-state index in [1.165, 1.54) is 0 Å². The summed E-state index contributed by atoms with van der Waals surface area (Å²) in [4.78, 5) is 12.2. The van der Waals surface area contributed by atoms with Crippen LogP contribution >= 0.6 is 12.4 Å². The standard InChI is InChI=1S/C10H13N5O.ClH/c1-6(2)8(11)10-14-9(15-16-10)7-5-12-3-4-13-7;/h3-6,8H,11H2,1-2H3;1H. The van der Waals surface area contributed by atoms with Gasteiger partial charge in [-0.15, -0.1) is 12.4 Å². The number of aromatic nitrogens is 4. The zero-order valence-electron chi connectivity index (χ0n) is 9.57. The molecule has 2 aromatic rings. The molecule has 0 amide bonds. The lowest BCUT2D eigenvalue weighted by Crippen LogP contribution is -2.16. The monoisotopic (exact) mass is 255 g/mol. The summed E-state index contributed by atoms with van der Waals surface area (Å²) in [6.45, 7) is 3.99. The highest BCUT2D eigenvalue weighted by atomic mass is 35.5. The maximum Gasteiger partial charge on any atom is 0.244 e. The quantitative estimate of drug-likeness (QED) is 0.896. The van der Waals surface area contributed by atoms with Crippen molar-refractivity contribution in [2.24, 2.45) is 11.7 Å². The molecule has 0 radical (unpaired) electrons. The average molecular weight is 256 g/mol. The number of nitrogens with zero attached hydrogens (tertiary/aromatic N) is 4. The Morgan fingerprint density at radius 1 is 1.29 bits per heavy atom. The lowest BCUT2D eigenvalue weighted by atomic mass is 10.1. The number of halogens is 1. The van der Waals surface area contributed by atoms with Gasteiger partial charge in [0.15, 0.2) is 0 Å². The number of nitrogens with two attached hydrogens (primary N) is 1. The van der Waals surface area contributed by atoms with Crippen LogP contribution in [0, 0.1) is 5.92 Å². The summed E-state index contributed by atoms with van der Waals surface area (Å²) in [7, 11) is 0. The Kier molecular flexibility index (Phi) is 4.53. The van der Waals surface area contributed by atoms with Gasteiger partial charge in [-0.25, -0.2) is 4.98 Å². The number of hydrogen-bond donors (Lipinski definition) is 1. The van der Waals surface area contributed by atoms with Crippen LogP contribution in [0.1, 0.15) is 25.8 Å². The van der Waals surface area contributed by atoms with Gasteiger partial charge in [-0.05, 0) is 5.92 Å². The average Bonchev–Trinajstić information content (AvgIpc) is 2.78. The van der Waals surface area contributed by atoms with Gasteiger partial charge < -0.3 is 10.3 Å². The topological polar surface area (TPSA) is 90.7 Å². The van der Waals surface area contributed by atoms with Gasteiger partial charge in [0.2, 0.25) is 11.7 Å². The summed E-state index contributed by atoms with van der Waals surface area (Å²) >= 11 is 0. The van der Waals surface area contributed by atoms with E-state index in [-0.39, 0.29) is 24.4 Å². The van der Waals surface area contributed by atoms with Crippen molar-refractivity contribution >= 4 is 12.4 Å². The van der Waals surface area contributed by atoms with Crippen molar-refractivity contribution in [3.05, 3.63) is 24.5 Å². The zero-order chi connectivity index (χ0) is 11.5. The third kappa shape index (κ3) is 2.98. The van der Waals surface area contributed by atoms with Crippen LogP contribution in [0.25, 0.3) is 11.5 Å². The van der Waals surface area contributed by atoms with Gasteiger partial charge in [-0.1, -0.05) is 19.0 Å². The highest BCUT2D eigenvalue weighted by Gasteiger charge is 2.18. The van der Waals surface area contributed by atoms with Gasteiger partial charge in [-0.3, -0.25) is 4.98 Å². The molecule has 0 spiro atoms. The Bertz CT molecular complexity index is 459. The van der Waals surface area contributed by atoms with E-state index in [1.54, 1.807) is 18.6 Å². The van der Waals surface area contributed by atoms with E-state index in [0.29, 0.717) is 17.4 Å². The second-order valence-corrected chi connectivity index (χ2v) is 3.82. The van der Waals surface area contributed by atoms with Crippen molar-refractivity contribution in [3.8, 4) is 11.5 Å². The summed E-state index contributed by atoms with van der Waals surface area (Å²) in [5.74, 6) is 1.09. The van der Waals surface area contributed by atoms with Gasteiger partial charge in [0, 0.05) is 12.4 Å². The molecular weight excluding hydrogens is 242 g/mol. The van der Waals surface area contributed by atoms with E-state index in [4.69, 9.17) is 10.3 Å². The summed E-state index contributed by atoms with van der Waals surface area (Å²) < 4.78 is 5.09. The third-order valence-corrected chi connectivity index (χ3v) is 2.24. The van der Waals surface area contributed by atoms with E-state index in [2.05, 4.69) is 20.1 Å². The van der Waals surface area contributed by atoms with E-state index in [0.717, 1.165) is 0 Å². The first-order valence-electron chi connectivity index (χ1n) is 5.04. The highest BCUT2D eigenvalue weighted by Crippen LogP contribution is 2.19. The molecule has 1 atom stereocenters. The molecule has 0 aliphatic carbocycles. The predicted molar refractivity (Wildman–Crippen MR) is 64.3 cm³/mol. The Hall–Kier alpha value is -1.53.